The van der Waals surface area contributed by atoms with E-state index in [4.69, 9.17) is 23.2 Å². The van der Waals surface area contributed by atoms with Crippen LogP contribution in [0.15, 0.2) is 23.8 Å². The molecule has 0 bridgehead atoms. The molecule has 0 unspecified atom stereocenters. The molecule has 15 heavy (non-hydrogen) atoms. The van der Waals surface area contributed by atoms with Gasteiger partial charge in [0.2, 0.25) is 0 Å². The lowest BCUT2D eigenvalue weighted by Crippen LogP contribution is -2.06. The molecule has 0 aliphatic carbocycles. The van der Waals surface area contributed by atoms with Gasteiger partial charge in [-0.2, -0.15) is 0 Å². The van der Waals surface area contributed by atoms with E-state index in [0.717, 1.165) is 5.56 Å². The average Bonchev–Trinajstić information content (AvgIpc) is 2.08. The Balaban J connectivity index is 3.09. The van der Waals surface area contributed by atoms with Gasteiger partial charge < -0.3 is 0 Å². The number of rotatable bonds is 1. The van der Waals surface area contributed by atoms with E-state index in [-0.39, 0.29) is 5.41 Å². The van der Waals surface area contributed by atoms with E-state index in [1.165, 1.54) is 5.57 Å². The molecule has 0 aromatic heterocycles. The molecule has 2 heteroatoms. The lowest BCUT2D eigenvalue weighted by atomic mass is 9.86. The summed E-state index contributed by atoms with van der Waals surface area (Å²) in [6.07, 6.45) is 2.11. The van der Waals surface area contributed by atoms with Crippen LogP contribution in [0.4, 0.5) is 0 Å². The van der Waals surface area contributed by atoms with Gasteiger partial charge in [0, 0.05) is 10.0 Å². The lowest BCUT2D eigenvalue weighted by molar-refractivity contribution is 0.508. The van der Waals surface area contributed by atoms with Gasteiger partial charge in [0.25, 0.3) is 0 Å². The summed E-state index contributed by atoms with van der Waals surface area (Å²) in [5.41, 5.74) is 2.49. The number of halogens is 2. The summed E-state index contributed by atoms with van der Waals surface area (Å²) in [4.78, 5) is 0. The predicted molar refractivity (Wildman–Crippen MR) is 69.6 cm³/mol. The van der Waals surface area contributed by atoms with E-state index in [0.29, 0.717) is 10.0 Å². The molecule has 0 saturated heterocycles. The zero-order valence-electron chi connectivity index (χ0n) is 9.57. The molecule has 0 amide bonds. The molecule has 0 N–H and O–H groups in total. The summed E-state index contributed by atoms with van der Waals surface area (Å²) >= 11 is 11.9. The van der Waals surface area contributed by atoms with Crippen LogP contribution in [0.2, 0.25) is 10.0 Å². The molecule has 82 valence electrons. The van der Waals surface area contributed by atoms with Gasteiger partial charge in [0.15, 0.2) is 0 Å². The maximum Gasteiger partial charge on any atom is 0.0493 e. The van der Waals surface area contributed by atoms with E-state index in [9.17, 15) is 0 Å². The molecule has 0 aliphatic rings. The minimum Gasteiger partial charge on any atom is -0.0843 e. The van der Waals surface area contributed by atoms with Gasteiger partial charge in [-0.3, -0.25) is 0 Å². The Morgan fingerprint density at radius 1 is 1.20 bits per heavy atom. The molecule has 0 aliphatic heterocycles. The first kappa shape index (κ1) is 12.6. The van der Waals surface area contributed by atoms with E-state index >= 15 is 0 Å². The fourth-order valence-corrected chi connectivity index (χ4v) is 1.53. The topological polar surface area (TPSA) is 0 Å². The van der Waals surface area contributed by atoms with Crippen molar-refractivity contribution < 1.29 is 0 Å². The van der Waals surface area contributed by atoms with Crippen molar-refractivity contribution in [1.29, 1.82) is 0 Å². The second-order valence-corrected chi connectivity index (χ2v) is 5.59. The molecule has 0 heterocycles. The number of hydrogen-bond acceptors (Lipinski definition) is 0. The van der Waals surface area contributed by atoms with Crippen molar-refractivity contribution in [3.63, 3.8) is 0 Å². The Labute approximate surface area is 102 Å². The Hall–Kier alpha value is -0.460. The summed E-state index contributed by atoms with van der Waals surface area (Å²) in [6.45, 7) is 8.67. The van der Waals surface area contributed by atoms with Crippen molar-refractivity contribution in [1.82, 2.24) is 0 Å². The van der Waals surface area contributed by atoms with E-state index in [2.05, 4.69) is 33.8 Å². The molecule has 1 rings (SSSR count). The van der Waals surface area contributed by atoms with Crippen molar-refractivity contribution in [2.45, 2.75) is 27.7 Å². The standard InChI is InChI=1S/C13H16Cl2/c1-9(13(2,3)4)7-10-5-6-11(14)8-12(10)15/h5-8H,1-4H3/b9-7+. The zero-order valence-corrected chi connectivity index (χ0v) is 11.1. The monoisotopic (exact) mass is 242 g/mol. The number of hydrogen-bond donors (Lipinski definition) is 0. The second kappa shape index (κ2) is 4.59. The van der Waals surface area contributed by atoms with Crippen LogP contribution in [0.25, 0.3) is 6.08 Å². The predicted octanol–water partition coefficient (Wildman–Crippen LogP) is 5.44. The van der Waals surface area contributed by atoms with Crippen molar-refractivity contribution in [2.75, 3.05) is 0 Å². The summed E-state index contributed by atoms with van der Waals surface area (Å²) in [7, 11) is 0. The van der Waals surface area contributed by atoms with Crippen molar-refractivity contribution in [3.8, 4) is 0 Å². The van der Waals surface area contributed by atoms with Gasteiger partial charge in [-0.15, -0.1) is 0 Å². The highest BCUT2D eigenvalue weighted by Crippen LogP contribution is 2.29. The number of benzene rings is 1. The molecule has 0 spiro atoms. The smallest absolute Gasteiger partial charge is 0.0493 e. The first-order chi connectivity index (χ1) is 6.80. The van der Waals surface area contributed by atoms with Crippen molar-refractivity contribution in [2.24, 2.45) is 5.41 Å². The lowest BCUT2D eigenvalue weighted by Gasteiger charge is -2.19. The van der Waals surface area contributed by atoms with Gasteiger partial charge >= 0.3 is 0 Å². The van der Waals surface area contributed by atoms with Gasteiger partial charge in [0.1, 0.15) is 0 Å². The molecule has 1 aromatic rings. The van der Waals surface area contributed by atoms with Crippen LogP contribution in [0.3, 0.4) is 0 Å². The summed E-state index contributed by atoms with van der Waals surface area (Å²) in [6, 6.07) is 5.57. The third kappa shape index (κ3) is 3.55. The molecule has 0 radical (unpaired) electrons. The fourth-order valence-electron chi connectivity index (χ4n) is 1.07. The van der Waals surface area contributed by atoms with Crippen LogP contribution in [-0.2, 0) is 0 Å². The zero-order chi connectivity index (χ0) is 11.6. The molecule has 0 fully saturated rings. The van der Waals surface area contributed by atoms with Gasteiger partial charge in [-0.1, -0.05) is 61.7 Å². The maximum atomic E-state index is 6.09. The van der Waals surface area contributed by atoms with Crippen LogP contribution in [0.5, 0.6) is 0 Å². The largest absolute Gasteiger partial charge is 0.0843 e. The van der Waals surface area contributed by atoms with Crippen molar-refractivity contribution >= 4 is 29.3 Å². The molecule has 0 atom stereocenters. The van der Waals surface area contributed by atoms with Crippen LogP contribution in [0, 0.1) is 5.41 Å². The van der Waals surface area contributed by atoms with Crippen LogP contribution < -0.4 is 0 Å². The van der Waals surface area contributed by atoms with E-state index in [1.807, 2.05) is 12.1 Å². The number of allylic oxidation sites excluding steroid dienone is 1. The first-order valence-corrected chi connectivity index (χ1v) is 5.70. The Bertz CT molecular complexity index is 384. The quantitative estimate of drug-likeness (QED) is 0.615. The third-order valence-corrected chi connectivity index (χ3v) is 3.08. The maximum absolute atomic E-state index is 6.09. The van der Waals surface area contributed by atoms with Crippen LogP contribution in [-0.4, -0.2) is 0 Å². The minimum atomic E-state index is 0.170. The van der Waals surface area contributed by atoms with E-state index < -0.39 is 0 Å². The highest BCUT2D eigenvalue weighted by Gasteiger charge is 2.12. The summed E-state index contributed by atoms with van der Waals surface area (Å²) in [5.74, 6) is 0. The third-order valence-electron chi connectivity index (χ3n) is 2.52. The van der Waals surface area contributed by atoms with E-state index in [1.54, 1.807) is 6.07 Å². The Morgan fingerprint density at radius 3 is 2.27 bits per heavy atom. The molecular formula is C13H16Cl2. The van der Waals surface area contributed by atoms with Gasteiger partial charge in [-0.25, -0.2) is 0 Å². The Morgan fingerprint density at radius 2 is 1.80 bits per heavy atom. The van der Waals surface area contributed by atoms with Crippen LogP contribution in [0.1, 0.15) is 33.3 Å². The summed E-state index contributed by atoms with van der Waals surface area (Å²) < 4.78 is 0. The van der Waals surface area contributed by atoms with Gasteiger partial charge in [0.05, 0.1) is 0 Å². The fraction of sp³-hybridized carbons (Fsp3) is 0.385. The van der Waals surface area contributed by atoms with Gasteiger partial charge in [-0.05, 0) is 30.0 Å². The second-order valence-electron chi connectivity index (χ2n) is 4.74. The summed E-state index contributed by atoms with van der Waals surface area (Å²) in [5, 5.41) is 1.37. The molecular weight excluding hydrogens is 227 g/mol. The first-order valence-electron chi connectivity index (χ1n) is 4.94. The Kier molecular flexibility index (Phi) is 3.86. The highest BCUT2D eigenvalue weighted by molar-refractivity contribution is 6.35. The highest BCUT2D eigenvalue weighted by atomic mass is 35.5. The van der Waals surface area contributed by atoms with Crippen LogP contribution >= 0.6 is 23.2 Å². The minimum absolute atomic E-state index is 0.170. The normalized spacial score (nSPS) is 13.1. The SMILES string of the molecule is C/C(=C\c1ccc(Cl)cc1Cl)C(C)(C)C. The average molecular weight is 243 g/mol. The van der Waals surface area contributed by atoms with Crippen molar-refractivity contribution in [3.05, 3.63) is 39.4 Å². The molecule has 0 nitrogen and oxygen atoms in total. The molecule has 0 saturated carbocycles. The molecule has 1 aromatic carbocycles.